The fraction of sp³-hybridized carbons (Fsp3) is 0.235. The molecular formula is C17H16O6. The highest BCUT2D eigenvalue weighted by Gasteiger charge is 2.36. The van der Waals surface area contributed by atoms with Crippen molar-refractivity contribution in [3.63, 3.8) is 0 Å². The van der Waals surface area contributed by atoms with E-state index >= 15 is 0 Å². The van der Waals surface area contributed by atoms with Gasteiger partial charge in [-0.3, -0.25) is 4.79 Å². The topological polar surface area (TPSA) is 107 Å². The van der Waals surface area contributed by atoms with Crippen molar-refractivity contribution in [1.29, 1.82) is 0 Å². The van der Waals surface area contributed by atoms with E-state index in [2.05, 4.69) is 0 Å². The number of phenolic OH excluding ortho intramolecular Hbond substituents is 4. The summed E-state index contributed by atoms with van der Waals surface area (Å²) in [6.07, 6.45) is 0.374. The van der Waals surface area contributed by atoms with Crippen LogP contribution in [0.4, 0.5) is 0 Å². The van der Waals surface area contributed by atoms with Crippen LogP contribution in [0.25, 0.3) is 0 Å². The number of Topliss-reactive ketones (excluding diaryl/α,β-unsaturated/α-hetero) is 1. The van der Waals surface area contributed by atoms with Gasteiger partial charge in [0.15, 0.2) is 17.3 Å². The Hall–Kier alpha value is -2.89. The molecular weight excluding hydrogens is 300 g/mol. The van der Waals surface area contributed by atoms with Gasteiger partial charge in [-0.1, -0.05) is 12.1 Å². The quantitative estimate of drug-likeness (QED) is 0.500. The van der Waals surface area contributed by atoms with Crippen LogP contribution in [0.1, 0.15) is 21.5 Å². The van der Waals surface area contributed by atoms with Gasteiger partial charge in [-0.15, -0.1) is 0 Å². The van der Waals surface area contributed by atoms with Crippen LogP contribution in [0.3, 0.4) is 0 Å². The first-order valence-electron chi connectivity index (χ1n) is 7.12. The number of rotatable bonds is 2. The number of aromatic hydroxyl groups is 4. The molecule has 2 aromatic carbocycles. The molecule has 0 bridgehead atoms. The number of hydrogen-bond acceptors (Lipinski definition) is 6. The Labute approximate surface area is 132 Å². The Morgan fingerprint density at radius 1 is 1.04 bits per heavy atom. The summed E-state index contributed by atoms with van der Waals surface area (Å²) in [4.78, 5) is 12.6. The van der Waals surface area contributed by atoms with E-state index in [-0.39, 0.29) is 40.8 Å². The van der Waals surface area contributed by atoms with Crippen molar-refractivity contribution in [2.24, 2.45) is 5.92 Å². The van der Waals surface area contributed by atoms with E-state index in [1.54, 1.807) is 12.1 Å². The Bertz CT molecular complexity index is 779. The van der Waals surface area contributed by atoms with Gasteiger partial charge in [-0.05, 0) is 31.0 Å². The SMILES string of the molecule is Cc1c(O)c(O)c2c(c1O)C(=O)[C@H](Cc1ccc(O)cc1)CO2. The van der Waals surface area contributed by atoms with Gasteiger partial charge in [0, 0.05) is 5.56 Å². The Kier molecular flexibility index (Phi) is 3.52. The second-order valence-electron chi connectivity index (χ2n) is 5.62. The third-order valence-corrected chi connectivity index (χ3v) is 4.08. The molecule has 1 aliphatic rings. The maximum Gasteiger partial charge on any atom is 0.201 e. The van der Waals surface area contributed by atoms with Gasteiger partial charge in [0.1, 0.15) is 17.1 Å². The first-order valence-corrected chi connectivity index (χ1v) is 7.12. The highest BCUT2D eigenvalue weighted by Crippen LogP contribution is 2.49. The summed E-state index contributed by atoms with van der Waals surface area (Å²) in [7, 11) is 0. The summed E-state index contributed by atoms with van der Waals surface area (Å²) >= 11 is 0. The molecule has 120 valence electrons. The smallest absolute Gasteiger partial charge is 0.201 e. The number of ketones is 1. The molecule has 1 atom stereocenters. The Balaban J connectivity index is 1.96. The van der Waals surface area contributed by atoms with E-state index in [9.17, 15) is 25.2 Å². The Morgan fingerprint density at radius 2 is 1.70 bits per heavy atom. The zero-order valence-corrected chi connectivity index (χ0v) is 12.4. The second-order valence-corrected chi connectivity index (χ2v) is 5.62. The zero-order valence-electron chi connectivity index (χ0n) is 12.4. The van der Waals surface area contributed by atoms with Crippen LogP contribution < -0.4 is 4.74 Å². The maximum absolute atomic E-state index is 12.6. The van der Waals surface area contributed by atoms with Gasteiger partial charge >= 0.3 is 0 Å². The molecule has 6 nitrogen and oxygen atoms in total. The highest BCUT2D eigenvalue weighted by atomic mass is 16.5. The third kappa shape index (κ3) is 2.42. The van der Waals surface area contributed by atoms with Crippen molar-refractivity contribution in [3.05, 3.63) is 41.0 Å². The summed E-state index contributed by atoms with van der Waals surface area (Å²) in [5, 5.41) is 39.1. The van der Waals surface area contributed by atoms with Gasteiger partial charge in [0.05, 0.1) is 12.5 Å². The first-order chi connectivity index (χ1) is 10.9. The predicted molar refractivity (Wildman–Crippen MR) is 81.3 cm³/mol. The second kappa shape index (κ2) is 5.39. The lowest BCUT2D eigenvalue weighted by Gasteiger charge is -2.26. The number of hydrogen-bond donors (Lipinski definition) is 4. The lowest BCUT2D eigenvalue weighted by Crippen LogP contribution is -2.29. The summed E-state index contributed by atoms with van der Waals surface area (Å²) in [6, 6.07) is 6.47. The van der Waals surface area contributed by atoms with Crippen molar-refractivity contribution < 1.29 is 30.0 Å². The number of phenols is 4. The molecule has 2 aromatic rings. The number of ether oxygens (including phenoxy) is 1. The molecule has 0 aliphatic carbocycles. The molecule has 0 unspecified atom stereocenters. The minimum Gasteiger partial charge on any atom is -0.508 e. The predicted octanol–water partition coefficient (Wildman–Crippen LogP) is 2.25. The van der Waals surface area contributed by atoms with Gasteiger partial charge in [-0.25, -0.2) is 0 Å². The number of carbonyl (C=O) groups is 1. The minimum atomic E-state index is -0.535. The molecule has 3 rings (SSSR count). The number of carbonyl (C=O) groups excluding carboxylic acids is 1. The maximum atomic E-state index is 12.6. The third-order valence-electron chi connectivity index (χ3n) is 4.08. The number of fused-ring (bicyclic) bond motifs is 1. The van der Waals surface area contributed by atoms with Crippen molar-refractivity contribution in [1.82, 2.24) is 0 Å². The van der Waals surface area contributed by atoms with Gasteiger partial charge < -0.3 is 25.2 Å². The average molecular weight is 316 g/mol. The fourth-order valence-corrected chi connectivity index (χ4v) is 2.71. The van der Waals surface area contributed by atoms with Gasteiger partial charge in [0.2, 0.25) is 5.75 Å². The molecule has 0 fully saturated rings. The molecule has 1 heterocycles. The molecule has 0 saturated carbocycles. The van der Waals surface area contributed by atoms with E-state index < -0.39 is 17.4 Å². The van der Waals surface area contributed by atoms with E-state index in [0.29, 0.717) is 6.42 Å². The standard InChI is InChI=1S/C17H16O6/c1-8-13(19)12-15(21)10(6-9-2-4-11(18)5-3-9)7-23-17(12)16(22)14(8)20/h2-5,10,18-20,22H,6-7H2,1H3/t10-/m1/s1. The lowest BCUT2D eigenvalue weighted by molar-refractivity contribution is 0.0820. The van der Waals surface area contributed by atoms with E-state index in [1.807, 2.05) is 0 Å². The fourth-order valence-electron chi connectivity index (χ4n) is 2.71. The first kappa shape index (κ1) is 15.0. The average Bonchev–Trinajstić information content (AvgIpc) is 2.54. The van der Waals surface area contributed by atoms with Crippen LogP contribution in [0, 0.1) is 12.8 Å². The van der Waals surface area contributed by atoms with E-state index in [4.69, 9.17) is 4.74 Å². The molecule has 23 heavy (non-hydrogen) atoms. The molecule has 0 saturated heterocycles. The van der Waals surface area contributed by atoms with Crippen LogP contribution >= 0.6 is 0 Å². The summed E-state index contributed by atoms with van der Waals surface area (Å²) in [5.41, 5.74) is 0.767. The van der Waals surface area contributed by atoms with Crippen molar-refractivity contribution in [2.75, 3.05) is 6.61 Å². The number of benzene rings is 2. The van der Waals surface area contributed by atoms with Crippen LogP contribution in [0.5, 0.6) is 28.7 Å². The molecule has 1 aliphatic heterocycles. The van der Waals surface area contributed by atoms with Gasteiger partial charge in [-0.2, -0.15) is 0 Å². The zero-order chi connectivity index (χ0) is 16.7. The monoisotopic (exact) mass is 316 g/mol. The van der Waals surface area contributed by atoms with Crippen LogP contribution in [-0.4, -0.2) is 32.8 Å². The van der Waals surface area contributed by atoms with Crippen LogP contribution in [-0.2, 0) is 6.42 Å². The summed E-state index contributed by atoms with van der Waals surface area (Å²) < 4.78 is 5.41. The molecule has 0 aromatic heterocycles. The molecule has 0 spiro atoms. The van der Waals surface area contributed by atoms with Crippen LogP contribution in [0.2, 0.25) is 0 Å². The minimum absolute atomic E-state index is 0.0300. The largest absolute Gasteiger partial charge is 0.508 e. The lowest BCUT2D eigenvalue weighted by atomic mass is 9.88. The highest BCUT2D eigenvalue weighted by molar-refractivity contribution is 6.05. The molecule has 6 heteroatoms. The van der Waals surface area contributed by atoms with E-state index in [0.717, 1.165) is 5.56 Å². The van der Waals surface area contributed by atoms with E-state index in [1.165, 1.54) is 19.1 Å². The normalized spacial score (nSPS) is 16.7. The van der Waals surface area contributed by atoms with Crippen molar-refractivity contribution in [3.8, 4) is 28.7 Å². The van der Waals surface area contributed by atoms with Crippen molar-refractivity contribution >= 4 is 5.78 Å². The molecule has 4 N–H and O–H groups in total. The van der Waals surface area contributed by atoms with Crippen molar-refractivity contribution in [2.45, 2.75) is 13.3 Å². The van der Waals surface area contributed by atoms with Gasteiger partial charge in [0.25, 0.3) is 0 Å². The molecule has 0 amide bonds. The van der Waals surface area contributed by atoms with Crippen LogP contribution in [0.15, 0.2) is 24.3 Å². The Morgan fingerprint density at radius 3 is 2.35 bits per heavy atom. The summed E-state index contributed by atoms with van der Waals surface area (Å²) in [6.45, 7) is 1.43. The molecule has 0 radical (unpaired) electrons. The summed E-state index contributed by atoms with van der Waals surface area (Å²) in [5.74, 6) is -2.33.